The van der Waals surface area contributed by atoms with E-state index in [1.54, 1.807) is 0 Å². The molecule has 0 aromatic carbocycles. The third-order valence-electron chi connectivity index (χ3n) is 4.20. The van der Waals surface area contributed by atoms with E-state index in [1.807, 2.05) is 6.33 Å². The van der Waals surface area contributed by atoms with E-state index in [2.05, 4.69) is 29.1 Å². The van der Waals surface area contributed by atoms with E-state index in [9.17, 15) is 0 Å². The average molecular weight is 191 g/mol. The summed E-state index contributed by atoms with van der Waals surface area (Å²) in [5.41, 5.74) is 3.15. The van der Waals surface area contributed by atoms with E-state index in [-0.39, 0.29) is 5.54 Å². The van der Waals surface area contributed by atoms with Gasteiger partial charge in [0.2, 0.25) is 0 Å². The van der Waals surface area contributed by atoms with Crippen LogP contribution in [0.25, 0.3) is 0 Å². The van der Waals surface area contributed by atoms with Gasteiger partial charge in [0.15, 0.2) is 0 Å². The highest BCUT2D eigenvalue weighted by Crippen LogP contribution is 2.56. The molecule has 76 valence electrons. The highest BCUT2D eigenvalue weighted by atomic mass is 15.1. The molecule has 0 saturated heterocycles. The van der Waals surface area contributed by atoms with Gasteiger partial charge in [-0.15, -0.1) is 0 Å². The molecular formula is C11H17N3. The fraction of sp³-hybridized carbons (Fsp3) is 0.727. The van der Waals surface area contributed by atoms with Crippen molar-refractivity contribution in [3.63, 3.8) is 0 Å². The molecule has 1 atom stereocenters. The standard InChI is InChI=1S/C11H17N3/c1-10(2)4-5-11(10)9-8(3-6-14-11)12-7-13-9/h7,14H,3-6H2,1-2H3,(H,12,13). The fourth-order valence-corrected chi connectivity index (χ4v) is 3.01. The van der Waals surface area contributed by atoms with Crippen LogP contribution >= 0.6 is 0 Å². The Morgan fingerprint density at radius 2 is 2.21 bits per heavy atom. The Labute approximate surface area is 84.3 Å². The Morgan fingerprint density at radius 1 is 1.36 bits per heavy atom. The van der Waals surface area contributed by atoms with Crippen molar-refractivity contribution in [2.45, 2.75) is 38.6 Å². The number of nitrogens with zero attached hydrogens (tertiary/aromatic N) is 1. The molecule has 1 spiro atoms. The summed E-state index contributed by atoms with van der Waals surface area (Å²) >= 11 is 0. The highest BCUT2D eigenvalue weighted by molar-refractivity contribution is 5.31. The number of imidazole rings is 1. The molecule has 1 aromatic heterocycles. The molecule has 0 radical (unpaired) electrons. The Balaban J connectivity index is 2.12. The number of aromatic amines is 1. The molecule has 3 nitrogen and oxygen atoms in total. The van der Waals surface area contributed by atoms with Crippen LogP contribution in [0.3, 0.4) is 0 Å². The second kappa shape index (κ2) is 2.40. The normalized spacial score (nSPS) is 33.9. The molecule has 2 N–H and O–H groups in total. The second-order valence-electron chi connectivity index (χ2n) is 5.20. The van der Waals surface area contributed by atoms with Gasteiger partial charge in [-0.3, -0.25) is 0 Å². The van der Waals surface area contributed by atoms with Gasteiger partial charge in [0.1, 0.15) is 0 Å². The SMILES string of the molecule is CC1(C)CCC12NCCc1[nH]cnc12. The predicted molar refractivity (Wildman–Crippen MR) is 55.0 cm³/mol. The molecule has 3 rings (SSSR count). The van der Waals surface area contributed by atoms with Crippen molar-refractivity contribution in [1.82, 2.24) is 15.3 Å². The van der Waals surface area contributed by atoms with Crippen LogP contribution in [0.15, 0.2) is 6.33 Å². The first kappa shape index (κ1) is 8.48. The van der Waals surface area contributed by atoms with Crippen LogP contribution in [0.1, 0.15) is 38.1 Å². The summed E-state index contributed by atoms with van der Waals surface area (Å²) in [4.78, 5) is 7.78. The summed E-state index contributed by atoms with van der Waals surface area (Å²) < 4.78 is 0. The molecular weight excluding hydrogens is 174 g/mol. The summed E-state index contributed by atoms with van der Waals surface area (Å²) in [6, 6.07) is 0. The minimum atomic E-state index is 0.167. The molecule has 1 saturated carbocycles. The van der Waals surface area contributed by atoms with Crippen LogP contribution in [0, 0.1) is 5.41 Å². The number of H-pyrrole nitrogens is 1. The molecule has 1 fully saturated rings. The van der Waals surface area contributed by atoms with Gasteiger partial charge < -0.3 is 10.3 Å². The first-order valence-electron chi connectivity index (χ1n) is 5.43. The van der Waals surface area contributed by atoms with Crippen molar-refractivity contribution >= 4 is 0 Å². The van der Waals surface area contributed by atoms with E-state index in [0.717, 1.165) is 13.0 Å². The van der Waals surface area contributed by atoms with E-state index < -0.39 is 0 Å². The van der Waals surface area contributed by atoms with E-state index in [0.29, 0.717) is 5.41 Å². The Bertz CT molecular complexity index is 366. The zero-order chi connectivity index (χ0) is 9.81. The number of hydrogen-bond acceptors (Lipinski definition) is 2. The van der Waals surface area contributed by atoms with Crippen molar-refractivity contribution in [2.24, 2.45) is 5.41 Å². The van der Waals surface area contributed by atoms with Crippen LogP contribution in [0.4, 0.5) is 0 Å². The van der Waals surface area contributed by atoms with Crippen LogP contribution in [-0.4, -0.2) is 16.5 Å². The van der Waals surface area contributed by atoms with Crippen LogP contribution in [0.5, 0.6) is 0 Å². The van der Waals surface area contributed by atoms with Crippen LogP contribution in [0.2, 0.25) is 0 Å². The van der Waals surface area contributed by atoms with E-state index >= 15 is 0 Å². The van der Waals surface area contributed by atoms with Gasteiger partial charge in [0, 0.05) is 18.7 Å². The Hall–Kier alpha value is -0.830. The first-order valence-corrected chi connectivity index (χ1v) is 5.43. The lowest BCUT2D eigenvalue weighted by molar-refractivity contribution is -0.0131. The molecule has 0 bridgehead atoms. The molecule has 1 aliphatic heterocycles. The lowest BCUT2D eigenvalue weighted by atomic mass is 9.54. The monoisotopic (exact) mass is 191 g/mol. The summed E-state index contributed by atoms with van der Waals surface area (Å²) in [6.07, 6.45) is 5.46. The van der Waals surface area contributed by atoms with Crippen molar-refractivity contribution < 1.29 is 0 Å². The Kier molecular flexibility index (Phi) is 1.45. The topological polar surface area (TPSA) is 40.7 Å². The van der Waals surface area contributed by atoms with Gasteiger partial charge in [-0.25, -0.2) is 4.98 Å². The van der Waals surface area contributed by atoms with Crippen molar-refractivity contribution in [2.75, 3.05) is 6.54 Å². The lowest BCUT2D eigenvalue weighted by Crippen LogP contribution is -2.63. The largest absolute Gasteiger partial charge is 0.348 e. The maximum absolute atomic E-state index is 4.51. The number of hydrogen-bond donors (Lipinski definition) is 2. The number of aromatic nitrogens is 2. The number of fused-ring (bicyclic) bond motifs is 2. The van der Waals surface area contributed by atoms with Crippen molar-refractivity contribution in [3.05, 3.63) is 17.7 Å². The number of nitrogens with one attached hydrogen (secondary N) is 2. The predicted octanol–water partition coefficient (Wildman–Crippen LogP) is 1.57. The molecule has 1 unspecified atom stereocenters. The average Bonchev–Trinajstić information content (AvgIpc) is 2.63. The third-order valence-corrected chi connectivity index (χ3v) is 4.20. The van der Waals surface area contributed by atoms with Gasteiger partial charge in [-0.2, -0.15) is 0 Å². The molecule has 2 heterocycles. The van der Waals surface area contributed by atoms with E-state index in [4.69, 9.17) is 0 Å². The van der Waals surface area contributed by atoms with Gasteiger partial charge >= 0.3 is 0 Å². The minimum Gasteiger partial charge on any atom is -0.348 e. The third kappa shape index (κ3) is 0.793. The first-order chi connectivity index (χ1) is 6.66. The fourth-order valence-electron chi connectivity index (χ4n) is 3.01. The quantitative estimate of drug-likeness (QED) is 0.653. The van der Waals surface area contributed by atoms with Gasteiger partial charge in [-0.1, -0.05) is 13.8 Å². The highest BCUT2D eigenvalue weighted by Gasteiger charge is 2.56. The van der Waals surface area contributed by atoms with Gasteiger partial charge in [0.05, 0.1) is 17.6 Å². The van der Waals surface area contributed by atoms with Crippen molar-refractivity contribution in [3.8, 4) is 0 Å². The molecule has 3 heteroatoms. The van der Waals surface area contributed by atoms with Crippen LogP contribution in [-0.2, 0) is 12.0 Å². The summed E-state index contributed by atoms with van der Waals surface area (Å²) in [7, 11) is 0. The van der Waals surface area contributed by atoms with Gasteiger partial charge in [0.25, 0.3) is 0 Å². The zero-order valence-corrected chi connectivity index (χ0v) is 8.85. The van der Waals surface area contributed by atoms with Crippen LogP contribution < -0.4 is 5.32 Å². The lowest BCUT2D eigenvalue weighted by Gasteiger charge is -2.57. The zero-order valence-electron chi connectivity index (χ0n) is 8.85. The Morgan fingerprint density at radius 3 is 2.86 bits per heavy atom. The summed E-state index contributed by atoms with van der Waals surface area (Å²) in [6.45, 7) is 5.76. The second-order valence-corrected chi connectivity index (χ2v) is 5.20. The minimum absolute atomic E-state index is 0.167. The molecule has 14 heavy (non-hydrogen) atoms. The maximum atomic E-state index is 4.51. The summed E-state index contributed by atoms with van der Waals surface area (Å²) in [5, 5.41) is 3.68. The maximum Gasteiger partial charge on any atom is 0.0926 e. The molecule has 2 aliphatic rings. The van der Waals surface area contributed by atoms with Crippen molar-refractivity contribution in [1.29, 1.82) is 0 Å². The van der Waals surface area contributed by atoms with Gasteiger partial charge in [-0.05, 0) is 18.3 Å². The summed E-state index contributed by atoms with van der Waals surface area (Å²) in [5.74, 6) is 0. The van der Waals surface area contributed by atoms with E-state index in [1.165, 1.54) is 24.2 Å². The smallest absolute Gasteiger partial charge is 0.0926 e. The number of rotatable bonds is 0. The molecule has 0 amide bonds. The molecule has 1 aromatic rings. The molecule has 1 aliphatic carbocycles.